The lowest BCUT2D eigenvalue weighted by Crippen LogP contribution is -2.05. The summed E-state index contributed by atoms with van der Waals surface area (Å²) < 4.78 is 14.7. The van der Waals surface area contributed by atoms with Crippen LogP contribution in [0.4, 0.5) is 4.39 Å². The van der Waals surface area contributed by atoms with E-state index in [1.807, 2.05) is 18.5 Å². The third-order valence-electron chi connectivity index (χ3n) is 3.10. The van der Waals surface area contributed by atoms with Gasteiger partial charge in [0.1, 0.15) is 5.82 Å². The molecule has 0 aliphatic carbocycles. The summed E-state index contributed by atoms with van der Waals surface area (Å²) in [4.78, 5) is 0. The highest BCUT2D eigenvalue weighted by molar-refractivity contribution is 5.27. The van der Waals surface area contributed by atoms with Gasteiger partial charge in [-0.2, -0.15) is 5.10 Å². The van der Waals surface area contributed by atoms with Crippen LogP contribution in [0.2, 0.25) is 0 Å². The lowest BCUT2D eigenvalue weighted by atomic mass is 10.1. The van der Waals surface area contributed by atoms with Crippen LogP contribution in [0, 0.1) is 19.7 Å². The zero-order valence-electron chi connectivity index (χ0n) is 10.8. The minimum Gasteiger partial charge on any atom is -0.389 e. The smallest absolute Gasteiger partial charge is 0.123 e. The maximum absolute atomic E-state index is 12.8. The zero-order chi connectivity index (χ0) is 13.3. The highest BCUT2D eigenvalue weighted by Crippen LogP contribution is 2.21. The van der Waals surface area contributed by atoms with E-state index in [4.69, 9.17) is 0 Å². The van der Waals surface area contributed by atoms with Crippen LogP contribution in [0.15, 0.2) is 24.3 Å². The average Bonchev–Trinajstić information content (AvgIpc) is 2.57. The molecule has 2 aromatic rings. The van der Waals surface area contributed by atoms with Crippen molar-refractivity contribution in [2.45, 2.75) is 33.4 Å². The fraction of sp³-hybridized carbons (Fsp3) is 0.357. The van der Waals surface area contributed by atoms with Crippen LogP contribution >= 0.6 is 0 Å². The fourth-order valence-electron chi connectivity index (χ4n) is 2.23. The molecule has 0 saturated heterocycles. The monoisotopic (exact) mass is 248 g/mol. The first-order valence-corrected chi connectivity index (χ1v) is 5.95. The van der Waals surface area contributed by atoms with Gasteiger partial charge in [-0.05, 0) is 38.5 Å². The maximum Gasteiger partial charge on any atom is 0.123 e. The van der Waals surface area contributed by atoms with Crippen molar-refractivity contribution >= 4 is 0 Å². The number of hydrogen-bond acceptors (Lipinski definition) is 2. The van der Waals surface area contributed by atoms with Crippen molar-refractivity contribution in [2.24, 2.45) is 0 Å². The summed E-state index contributed by atoms with van der Waals surface area (Å²) in [5.74, 6) is -0.239. The second kappa shape index (κ2) is 4.90. The molecule has 1 N–H and O–H groups in total. The number of aromatic nitrogens is 2. The number of rotatable bonds is 3. The highest BCUT2D eigenvalue weighted by atomic mass is 19.1. The molecular formula is C14H17FN2O. The van der Waals surface area contributed by atoms with Gasteiger partial charge in [0.15, 0.2) is 0 Å². The van der Waals surface area contributed by atoms with E-state index >= 15 is 0 Å². The standard InChI is InChI=1S/C14H17FN2O/c1-9-14(11(3)18)10(2)17(16-9)8-12-4-6-13(15)7-5-12/h4-7,11,18H,8H2,1-3H3. The Morgan fingerprint density at radius 2 is 1.89 bits per heavy atom. The molecule has 1 atom stereocenters. The number of aliphatic hydroxyl groups is 1. The molecule has 0 aliphatic heterocycles. The molecule has 96 valence electrons. The van der Waals surface area contributed by atoms with Gasteiger partial charge in [0, 0.05) is 11.3 Å². The van der Waals surface area contributed by atoms with Gasteiger partial charge in [-0.1, -0.05) is 12.1 Å². The predicted molar refractivity (Wildman–Crippen MR) is 67.8 cm³/mol. The van der Waals surface area contributed by atoms with E-state index in [0.717, 1.165) is 22.5 Å². The van der Waals surface area contributed by atoms with Crippen LogP contribution in [-0.2, 0) is 6.54 Å². The number of aliphatic hydroxyl groups excluding tert-OH is 1. The lowest BCUT2D eigenvalue weighted by Gasteiger charge is -2.07. The van der Waals surface area contributed by atoms with Crippen LogP contribution in [-0.4, -0.2) is 14.9 Å². The summed E-state index contributed by atoms with van der Waals surface area (Å²) in [7, 11) is 0. The first kappa shape index (κ1) is 12.8. The van der Waals surface area contributed by atoms with Crippen molar-refractivity contribution in [3.05, 3.63) is 52.6 Å². The van der Waals surface area contributed by atoms with Gasteiger partial charge in [0.05, 0.1) is 18.3 Å². The minimum atomic E-state index is -0.521. The van der Waals surface area contributed by atoms with E-state index < -0.39 is 6.10 Å². The molecule has 0 spiro atoms. The Kier molecular flexibility index (Phi) is 3.48. The van der Waals surface area contributed by atoms with Gasteiger partial charge >= 0.3 is 0 Å². The van der Waals surface area contributed by atoms with Crippen LogP contribution in [0.25, 0.3) is 0 Å². The van der Waals surface area contributed by atoms with Crippen molar-refractivity contribution in [2.75, 3.05) is 0 Å². The van der Waals surface area contributed by atoms with Crippen LogP contribution in [0.3, 0.4) is 0 Å². The molecule has 0 aliphatic rings. The quantitative estimate of drug-likeness (QED) is 0.907. The molecule has 0 fully saturated rings. The van der Waals surface area contributed by atoms with Gasteiger partial charge in [-0.25, -0.2) is 4.39 Å². The van der Waals surface area contributed by atoms with Gasteiger partial charge in [-0.3, -0.25) is 4.68 Å². The molecule has 3 nitrogen and oxygen atoms in total. The fourth-order valence-corrected chi connectivity index (χ4v) is 2.23. The molecule has 0 saturated carbocycles. The van der Waals surface area contributed by atoms with Crippen molar-refractivity contribution < 1.29 is 9.50 Å². The Hall–Kier alpha value is -1.68. The normalized spacial score (nSPS) is 12.7. The Morgan fingerprint density at radius 3 is 2.39 bits per heavy atom. The molecule has 0 amide bonds. The van der Waals surface area contributed by atoms with Crippen molar-refractivity contribution in [1.82, 2.24) is 9.78 Å². The van der Waals surface area contributed by atoms with Crippen LogP contribution in [0.5, 0.6) is 0 Å². The molecule has 4 heteroatoms. The summed E-state index contributed by atoms with van der Waals surface area (Å²) in [6.45, 7) is 6.14. The number of aryl methyl sites for hydroxylation is 1. The van der Waals surface area contributed by atoms with E-state index in [0.29, 0.717) is 6.54 Å². The van der Waals surface area contributed by atoms with Gasteiger partial charge in [0.2, 0.25) is 0 Å². The van der Waals surface area contributed by atoms with Crippen molar-refractivity contribution in [1.29, 1.82) is 0 Å². The van der Waals surface area contributed by atoms with E-state index in [-0.39, 0.29) is 5.82 Å². The molecule has 2 rings (SSSR count). The second-order valence-electron chi connectivity index (χ2n) is 4.54. The topological polar surface area (TPSA) is 38.0 Å². The minimum absolute atomic E-state index is 0.239. The largest absolute Gasteiger partial charge is 0.389 e. The molecule has 18 heavy (non-hydrogen) atoms. The maximum atomic E-state index is 12.8. The number of benzene rings is 1. The molecule has 0 bridgehead atoms. The van der Waals surface area contributed by atoms with Crippen molar-refractivity contribution in [3.63, 3.8) is 0 Å². The summed E-state index contributed by atoms with van der Waals surface area (Å²) in [6, 6.07) is 6.37. The van der Waals surface area contributed by atoms with Crippen LogP contribution in [0.1, 0.15) is 35.5 Å². The second-order valence-corrected chi connectivity index (χ2v) is 4.54. The number of halogens is 1. The molecule has 0 radical (unpaired) electrons. The van der Waals surface area contributed by atoms with Gasteiger partial charge in [-0.15, -0.1) is 0 Å². The molecule has 1 unspecified atom stereocenters. The number of hydrogen-bond donors (Lipinski definition) is 1. The summed E-state index contributed by atoms with van der Waals surface area (Å²) in [5, 5.41) is 14.1. The van der Waals surface area contributed by atoms with E-state index in [9.17, 15) is 9.50 Å². The third kappa shape index (κ3) is 2.43. The lowest BCUT2D eigenvalue weighted by molar-refractivity contribution is 0.197. The summed E-state index contributed by atoms with van der Waals surface area (Å²) in [5.41, 5.74) is 3.65. The Balaban J connectivity index is 2.30. The zero-order valence-corrected chi connectivity index (χ0v) is 10.8. The van der Waals surface area contributed by atoms with Crippen molar-refractivity contribution in [3.8, 4) is 0 Å². The third-order valence-corrected chi connectivity index (χ3v) is 3.10. The summed E-state index contributed by atoms with van der Waals surface area (Å²) in [6.07, 6.45) is -0.521. The van der Waals surface area contributed by atoms with Gasteiger partial charge in [0.25, 0.3) is 0 Å². The first-order chi connectivity index (χ1) is 8.49. The molecule has 1 aromatic heterocycles. The Morgan fingerprint density at radius 1 is 1.28 bits per heavy atom. The predicted octanol–water partition coefficient (Wildman–Crippen LogP) is 2.74. The SMILES string of the molecule is Cc1nn(Cc2ccc(F)cc2)c(C)c1C(C)O. The van der Waals surface area contributed by atoms with E-state index in [1.54, 1.807) is 19.1 Å². The first-order valence-electron chi connectivity index (χ1n) is 5.95. The highest BCUT2D eigenvalue weighted by Gasteiger charge is 2.15. The molecule has 1 heterocycles. The van der Waals surface area contributed by atoms with Crippen LogP contribution < -0.4 is 0 Å². The van der Waals surface area contributed by atoms with E-state index in [1.165, 1.54) is 12.1 Å². The Labute approximate surface area is 106 Å². The molecular weight excluding hydrogens is 231 g/mol. The Bertz CT molecular complexity index is 544. The van der Waals surface area contributed by atoms with Gasteiger partial charge < -0.3 is 5.11 Å². The number of nitrogens with zero attached hydrogens (tertiary/aromatic N) is 2. The molecule has 1 aromatic carbocycles. The van der Waals surface area contributed by atoms with E-state index in [2.05, 4.69) is 5.10 Å². The average molecular weight is 248 g/mol. The summed E-state index contributed by atoms with van der Waals surface area (Å²) >= 11 is 0.